The first-order valence-corrected chi connectivity index (χ1v) is 5.99. The number of carbonyl (C=O) groups excluding carboxylic acids is 1. The monoisotopic (exact) mass is 263 g/mol. The van der Waals surface area contributed by atoms with Crippen LogP contribution in [0.4, 0.5) is 0 Å². The van der Waals surface area contributed by atoms with Crippen LogP contribution in [0.1, 0.15) is 28.1 Å². The lowest BCUT2D eigenvalue weighted by atomic mass is 10.2. The number of hydrogen-bond donors (Lipinski definition) is 1. The fourth-order valence-electron chi connectivity index (χ4n) is 1.77. The predicted molar refractivity (Wildman–Crippen MR) is 68.7 cm³/mol. The number of nitrogens with one attached hydrogen (secondary N) is 1. The van der Waals surface area contributed by atoms with E-state index in [0.29, 0.717) is 12.2 Å². The van der Waals surface area contributed by atoms with E-state index in [1.54, 1.807) is 19.3 Å². The van der Waals surface area contributed by atoms with E-state index in [-0.39, 0.29) is 17.7 Å². The molecular weight excluding hydrogens is 246 g/mol. The van der Waals surface area contributed by atoms with Gasteiger partial charge in [0.2, 0.25) is 5.76 Å². The van der Waals surface area contributed by atoms with Gasteiger partial charge in [0.15, 0.2) is 0 Å². The van der Waals surface area contributed by atoms with Gasteiger partial charge < -0.3 is 14.3 Å². The van der Waals surface area contributed by atoms with Crippen molar-refractivity contribution in [2.45, 2.75) is 13.0 Å². The summed E-state index contributed by atoms with van der Waals surface area (Å²) in [6.45, 7) is 2.20. The maximum Gasteiger partial charge on any atom is 0.289 e. The standard InChI is InChI=1S/C13H17N3O3/c1-9-7-12(19-15-9)13(17)14-8-10(16(2)3)11-5-4-6-18-11/h4-7,10H,8H2,1-3H3,(H,14,17). The van der Waals surface area contributed by atoms with Crippen molar-refractivity contribution in [1.82, 2.24) is 15.4 Å². The maximum atomic E-state index is 11.9. The molecule has 1 unspecified atom stereocenters. The second-order valence-corrected chi connectivity index (χ2v) is 4.54. The molecule has 2 aromatic heterocycles. The van der Waals surface area contributed by atoms with E-state index in [4.69, 9.17) is 8.94 Å². The van der Waals surface area contributed by atoms with Crippen LogP contribution in [0, 0.1) is 6.92 Å². The van der Waals surface area contributed by atoms with Gasteiger partial charge in [0.1, 0.15) is 5.76 Å². The van der Waals surface area contributed by atoms with Gasteiger partial charge in [-0.1, -0.05) is 5.16 Å². The lowest BCUT2D eigenvalue weighted by molar-refractivity contribution is 0.0902. The number of furan rings is 1. The molecule has 2 aromatic rings. The largest absolute Gasteiger partial charge is 0.468 e. The van der Waals surface area contributed by atoms with Gasteiger partial charge in [0.25, 0.3) is 5.91 Å². The van der Waals surface area contributed by atoms with Gasteiger partial charge in [-0.3, -0.25) is 9.69 Å². The molecule has 1 amide bonds. The van der Waals surface area contributed by atoms with Crippen molar-refractivity contribution < 1.29 is 13.7 Å². The van der Waals surface area contributed by atoms with Crippen molar-refractivity contribution in [3.05, 3.63) is 41.7 Å². The molecule has 0 aliphatic carbocycles. The summed E-state index contributed by atoms with van der Waals surface area (Å²) >= 11 is 0. The van der Waals surface area contributed by atoms with Crippen LogP contribution in [0.5, 0.6) is 0 Å². The maximum absolute atomic E-state index is 11.9. The molecular formula is C13H17N3O3. The highest BCUT2D eigenvalue weighted by Gasteiger charge is 2.19. The van der Waals surface area contributed by atoms with Crippen LogP contribution in [0.3, 0.4) is 0 Å². The molecule has 0 fully saturated rings. The zero-order valence-electron chi connectivity index (χ0n) is 11.2. The fourth-order valence-corrected chi connectivity index (χ4v) is 1.77. The van der Waals surface area contributed by atoms with E-state index >= 15 is 0 Å². The molecule has 102 valence electrons. The Hall–Kier alpha value is -2.08. The van der Waals surface area contributed by atoms with Crippen LogP contribution < -0.4 is 5.32 Å². The fraction of sp³-hybridized carbons (Fsp3) is 0.385. The summed E-state index contributed by atoms with van der Waals surface area (Å²) in [7, 11) is 3.86. The van der Waals surface area contributed by atoms with Crippen molar-refractivity contribution in [2.24, 2.45) is 0 Å². The normalized spacial score (nSPS) is 12.6. The molecule has 19 heavy (non-hydrogen) atoms. The van der Waals surface area contributed by atoms with Crippen LogP contribution in [0.25, 0.3) is 0 Å². The zero-order chi connectivity index (χ0) is 13.8. The first kappa shape index (κ1) is 13.4. The smallest absolute Gasteiger partial charge is 0.289 e. The quantitative estimate of drug-likeness (QED) is 0.887. The first-order chi connectivity index (χ1) is 9.08. The van der Waals surface area contributed by atoms with E-state index in [0.717, 1.165) is 5.76 Å². The highest BCUT2D eigenvalue weighted by atomic mass is 16.5. The van der Waals surface area contributed by atoms with Crippen molar-refractivity contribution in [2.75, 3.05) is 20.6 Å². The van der Waals surface area contributed by atoms with Gasteiger partial charge in [0, 0.05) is 12.6 Å². The van der Waals surface area contributed by atoms with Crippen LogP contribution in [0.15, 0.2) is 33.4 Å². The summed E-state index contributed by atoms with van der Waals surface area (Å²) in [5.41, 5.74) is 0.681. The van der Waals surface area contributed by atoms with Gasteiger partial charge in [-0.15, -0.1) is 0 Å². The molecule has 2 rings (SSSR count). The predicted octanol–water partition coefficient (Wildman–Crippen LogP) is 1.61. The second-order valence-electron chi connectivity index (χ2n) is 4.54. The molecule has 0 saturated heterocycles. The highest BCUT2D eigenvalue weighted by molar-refractivity contribution is 5.91. The lowest BCUT2D eigenvalue weighted by Crippen LogP contribution is -2.34. The van der Waals surface area contributed by atoms with Gasteiger partial charge in [0.05, 0.1) is 18.0 Å². The Morgan fingerprint density at radius 2 is 2.32 bits per heavy atom. The van der Waals surface area contributed by atoms with Crippen LogP contribution in [-0.2, 0) is 0 Å². The number of nitrogens with zero attached hydrogens (tertiary/aromatic N) is 2. The first-order valence-electron chi connectivity index (χ1n) is 5.99. The van der Waals surface area contributed by atoms with E-state index in [2.05, 4.69) is 10.5 Å². The van der Waals surface area contributed by atoms with Gasteiger partial charge in [-0.2, -0.15) is 0 Å². The van der Waals surface area contributed by atoms with Gasteiger partial charge in [-0.25, -0.2) is 0 Å². The van der Waals surface area contributed by atoms with Crippen molar-refractivity contribution in [3.63, 3.8) is 0 Å². The molecule has 6 heteroatoms. The second kappa shape index (κ2) is 5.71. The summed E-state index contributed by atoms with van der Waals surface area (Å²) < 4.78 is 10.3. The number of carbonyl (C=O) groups is 1. The number of hydrogen-bond acceptors (Lipinski definition) is 5. The minimum Gasteiger partial charge on any atom is -0.468 e. The number of likely N-dealkylation sites (N-methyl/N-ethyl adjacent to an activating group) is 1. The average Bonchev–Trinajstić information content (AvgIpc) is 3.00. The third-order valence-electron chi connectivity index (χ3n) is 2.80. The molecule has 0 radical (unpaired) electrons. The van der Waals surface area contributed by atoms with Crippen molar-refractivity contribution >= 4 is 5.91 Å². The molecule has 0 aliphatic rings. The van der Waals surface area contributed by atoms with E-state index in [1.165, 1.54) is 0 Å². The molecule has 0 bridgehead atoms. The SMILES string of the molecule is Cc1cc(C(=O)NCC(c2ccco2)N(C)C)on1. The molecule has 0 spiro atoms. The van der Waals surface area contributed by atoms with E-state index in [9.17, 15) is 4.79 Å². The van der Waals surface area contributed by atoms with E-state index < -0.39 is 0 Å². The summed E-state index contributed by atoms with van der Waals surface area (Å²) in [5.74, 6) is 0.743. The Labute approximate surface area is 111 Å². The molecule has 1 atom stereocenters. The van der Waals surface area contributed by atoms with Crippen LogP contribution in [-0.4, -0.2) is 36.6 Å². The molecule has 2 heterocycles. The number of aryl methyl sites for hydroxylation is 1. The van der Waals surface area contributed by atoms with Gasteiger partial charge in [-0.05, 0) is 33.2 Å². The van der Waals surface area contributed by atoms with Gasteiger partial charge >= 0.3 is 0 Å². The van der Waals surface area contributed by atoms with Crippen molar-refractivity contribution in [3.8, 4) is 0 Å². The molecule has 6 nitrogen and oxygen atoms in total. The molecule has 1 N–H and O–H groups in total. The summed E-state index contributed by atoms with van der Waals surface area (Å²) in [6.07, 6.45) is 1.62. The van der Waals surface area contributed by atoms with Crippen LogP contribution >= 0.6 is 0 Å². The summed E-state index contributed by atoms with van der Waals surface area (Å²) in [4.78, 5) is 13.8. The van der Waals surface area contributed by atoms with E-state index in [1.807, 2.05) is 31.1 Å². The molecule has 0 aromatic carbocycles. The average molecular weight is 263 g/mol. The topological polar surface area (TPSA) is 71.5 Å². The lowest BCUT2D eigenvalue weighted by Gasteiger charge is -2.22. The Morgan fingerprint density at radius 1 is 1.53 bits per heavy atom. The summed E-state index contributed by atoms with van der Waals surface area (Å²) in [6, 6.07) is 5.29. The highest BCUT2D eigenvalue weighted by Crippen LogP contribution is 2.17. The number of rotatable bonds is 5. The third-order valence-corrected chi connectivity index (χ3v) is 2.80. The third kappa shape index (κ3) is 3.23. The Kier molecular flexibility index (Phi) is 4.01. The Bertz CT molecular complexity index is 531. The minimum atomic E-state index is -0.279. The minimum absolute atomic E-state index is 0.0250. The zero-order valence-corrected chi connectivity index (χ0v) is 11.2. The summed E-state index contributed by atoms with van der Waals surface area (Å²) in [5, 5.41) is 6.49. The Morgan fingerprint density at radius 3 is 2.84 bits per heavy atom. The number of amides is 1. The molecule has 0 aliphatic heterocycles. The molecule has 0 saturated carbocycles. The Balaban J connectivity index is 1.98. The number of aromatic nitrogens is 1. The van der Waals surface area contributed by atoms with Crippen LogP contribution in [0.2, 0.25) is 0 Å². The van der Waals surface area contributed by atoms with Crippen molar-refractivity contribution in [1.29, 1.82) is 0 Å².